The highest BCUT2D eigenvalue weighted by molar-refractivity contribution is 5.93. The van der Waals surface area contributed by atoms with E-state index in [-0.39, 0.29) is 25.1 Å². The predicted octanol–water partition coefficient (Wildman–Crippen LogP) is -2.19. The minimum absolute atomic E-state index is 0.0289. The summed E-state index contributed by atoms with van der Waals surface area (Å²) in [5, 5.41) is 23.6. The van der Waals surface area contributed by atoms with Crippen molar-refractivity contribution in [1.29, 1.82) is 0 Å². The molecule has 1 aromatic rings. The molecule has 0 bridgehead atoms. The number of rotatable bonds is 10. The van der Waals surface area contributed by atoms with E-state index >= 15 is 0 Å². The van der Waals surface area contributed by atoms with Gasteiger partial charge < -0.3 is 37.2 Å². The van der Waals surface area contributed by atoms with E-state index in [1.165, 1.54) is 17.0 Å². The van der Waals surface area contributed by atoms with Crippen LogP contribution in [0, 0.1) is 0 Å². The number of carboxylic acids is 1. The van der Waals surface area contributed by atoms with Gasteiger partial charge in [0.25, 0.3) is 0 Å². The van der Waals surface area contributed by atoms with Gasteiger partial charge >= 0.3 is 5.97 Å². The number of nitrogens with one attached hydrogen (secondary N) is 2. The summed E-state index contributed by atoms with van der Waals surface area (Å²) < 4.78 is 0. The maximum atomic E-state index is 13.1. The average Bonchev–Trinajstić information content (AvgIpc) is 3.22. The van der Waals surface area contributed by atoms with Crippen molar-refractivity contribution in [3.05, 3.63) is 29.8 Å². The number of carbonyl (C=O) groups excluding carboxylic acids is 4. The summed E-state index contributed by atoms with van der Waals surface area (Å²) in [6.07, 6.45) is 0.495. The van der Waals surface area contributed by atoms with Gasteiger partial charge in [0.15, 0.2) is 0 Å². The highest BCUT2D eigenvalue weighted by Crippen LogP contribution is 2.20. The summed E-state index contributed by atoms with van der Waals surface area (Å²) in [5.41, 5.74) is 11.1. The Labute approximate surface area is 183 Å². The van der Waals surface area contributed by atoms with Gasteiger partial charge in [-0.25, -0.2) is 4.79 Å². The molecule has 1 aliphatic heterocycles. The largest absolute Gasteiger partial charge is 0.508 e. The zero-order valence-electron chi connectivity index (χ0n) is 17.3. The van der Waals surface area contributed by atoms with Crippen LogP contribution < -0.4 is 22.1 Å². The van der Waals surface area contributed by atoms with Crippen molar-refractivity contribution in [1.82, 2.24) is 15.5 Å². The minimum Gasteiger partial charge on any atom is -0.508 e. The van der Waals surface area contributed by atoms with Crippen molar-refractivity contribution in [2.45, 2.75) is 43.8 Å². The molecule has 1 aliphatic rings. The lowest BCUT2D eigenvalue weighted by Gasteiger charge is -2.27. The van der Waals surface area contributed by atoms with Crippen LogP contribution in [0.1, 0.15) is 24.8 Å². The molecule has 0 aliphatic carbocycles. The van der Waals surface area contributed by atoms with Crippen molar-refractivity contribution in [2.24, 2.45) is 11.5 Å². The Morgan fingerprint density at radius 3 is 2.41 bits per heavy atom. The smallest absolute Gasteiger partial charge is 0.326 e. The Morgan fingerprint density at radius 1 is 1.16 bits per heavy atom. The number of carbonyl (C=O) groups is 5. The van der Waals surface area contributed by atoms with Crippen molar-refractivity contribution in [3.63, 3.8) is 0 Å². The molecule has 0 aromatic heterocycles. The molecule has 0 spiro atoms. The molecule has 3 atom stereocenters. The highest BCUT2D eigenvalue weighted by atomic mass is 16.4. The summed E-state index contributed by atoms with van der Waals surface area (Å²) in [7, 11) is 0. The number of hydrogen-bond donors (Lipinski definition) is 6. The van der Waals surface area contributed by atoms with E-state index in [4.69, 9.17) is 11.5 Å². The SMILES string of the molecule is NC(=O)CC(N)C(=O)NCC(=O)NC(Cc1ccc(O)cc1)C(=O)N1CCCC1C(=O)O. The van der Waals surface area contributed by atoms with Gasteiger partial charge in [0, 0.05) is 13.0 Å². The third-order valence-corrected chi connectivity index (χ3v) is 5.01. The molecule has 12 heteroatoms. The number of benzene rings is 1. The third kappa shape index (κ3) is 6.94. The first kappa shape index (κ1) is 24.6. The average molecular weight is 449 g/mol. The fraction of sp³-hybridized carbons (Fsp3) is 0.450. The first-order valence-electron chi connectivity index (χ1n) is 10.0. The fourth-order valence-corrected chi connectivity index (χ4v) is 3.41. The van der Waals surface area contributed by atoms with Crippen LogP contribution in [0.2, 0.25) is 0 Å². The minimum atomic E-state index is -1.21. The first-order chi connectivity index (χ1) is 15.1. The van der Waals surface area contributed by atoms with Crippen LogP contribution in [0.25, 0.3) is 0 Å². The molecule has 0 radical (unpaired) electrons. The zero-order valence-corrected chi connectivity index (χ0v) is 17.3. The maximum absolute atomic E-state index is 13.1. The molecule has 8 N–H and O–H groups in total. The summed E-state index contributed by atoms with van der Waals surface area (Å²) in [5.74, 6) is -3.88. The van der Waals surface area contributed by atoms with Gasteiger partial charge in [0.2, 0.25) is 23.6 Å². The number of aromatic hydroxyl groups is 1. The Bertz CT molecular complexity index is 874. The van der Waals surface area contributed by atoms with Gasteiger partial charge in [-0.1, -0.05) is 12.1 Å². The highest BCUT2D eigenvalue weighted by Gasteiger charge is 2.37. The van der Waals surface area contributed by atoms with E-state index in [1.54, 1.807) is 12.1 Å². The standard InChI is InChI=1S/C20H27N5O7/c21-13(9-16(22)27)18(29)23-10-17(28)24-14(8-11-3-5-12(26)6-4-11)19(30)25-7-1-2-15(25)20(31)32/h3-6,13-15,26H,1-2,7-10,21H2,(H2,22,27)(H,23,29)(H,24,28)(H,31,32). The van der Waals surface area contributed by atoms with E-state index in [9.17, 15) is 34.2 Å². The van der Waals surface area contributed by atoms with E-state index in [1.807, 2.05) is 0 Å². The number of nitrogens with zero attached hydrogens (tertiary/aromatic N) is 1. The van der Waals surface area contributed by atoms with E-state index in [2.05, 4.69) is 10.6 Å². The molecule has 0 saturated carbocycles. The van der Waals surface area contributed by atoms with Crippen LogP contribution in [0.15, 0.2) is 24.3 Å². The zero-order chi connectivity index (χ0) is 23.8. The molecule has 174 valence electrons. The summed E-state index contributed by atoms with van der Waals surface area (Å²) >= 11 is 0. The number of primary amides is 1. The van der Waals surface area contributed by atoms with Crippen LogP contribution in [0.5, 0.6) is 5.75 Å². The summed E-state index contributed by atoms with van der Waals surface area (Å²) in [4.78, 5) is 60.9. The number of likely N-dealkylation sites (tertiary alicyclic amines) is 1. The second-order valence-electron chi connectivity index (χ2n) is 7.51. The summed E-state index contributed by atoms with van der Waals surface area (Å²) in [6, 6.07) is 2.71. The molecule has 4 amide bonds. The van der Waals surface area contributed by atoms with Crippen molar-refractivity contribution in [2.75, 3.05) is 13.1 Å². The number of phenolic OH excluding ortho intramolecular Hbond substituents is 1. The normalized spacial score (nSPS) is 17.3. The van der Waals surface area contributed by atoms with Gasteiger partial charge in [0.1, 0.15) is 17.8 Å². The molecular weight excluding hydrogens is 422 g/mol. The number of carboxylic acid groups (broad SMARTS) is 1. The Morgan fingerprint density at radius 2 is 1.81 bits per heavy atom. The molecule has 2 rings (SSSR count). The molecule has 12 nitrogen and oxygen atoms in total. The van der Waals surface area contributed by atoms with Crippen LogP contribution in [-0.4, -0.2) is 75.9 Å². The Hall–Kier alpha value is -3.67. The third-order valence-electron chi connectivity index (χ3n) is 5.01. The van der Waals surface area contributed by atoms with E-state index in [0.717, 1.165) is 0 Å². The Kier molecular flexibility index (Phi) is 8.53. The van der Waals surface area contributed by atoms with Gasteiger partial charge in [-0.05, 0) is 30.5 Å². The van der Waals surface area contributed by atoms with Crippen LogP contribution in [0.3, 0.4) is 0 Å². The first-order valence-corrected chi connectivity index (χ1v) is 10.0. The number of nitrogens with two attached hydrogens (primary N) is 2. The molecule has 1 fully saturated rings. The van der Waals surface area contributed by atoms with E-state index < -0.39 is 54.3 Å². The van der Waals surface area contributed by atoms with Gasteiger partial charge in [0.05, 0.1) is 19.0 Å². The molecule has 32 heavy (non-hydrogen) atoms. The number of phenols is 1. The molecule has 1 aromatic carbocycles. The Balaban J connectivity index is 2.08. The molecular formula is C20H27N5O7. The lowest BCUT2D eigenvalue weighted by molar-refractivity contribution is -0.149. The second kappa shape index (κ2) is 11.1. The van der Waals surface area contributed by atoms with Crippen LogP contribution in [-0.2, 0) is 30.4 Å². The lowest BCUT2D eigenvalue weighted by atomic mass is 10.0. The van der Waals surface area contributed by atoms with Crippen molar-refractivity contribution in [3.8, 4) is 5.75 Å². The van der Waals surface area contributed by atoms with Gasteiger partial charge in [-0.2, -0.15) is 0 Å². The number of hydrogen-bond acceptors (Lipinski definition) is 7. The van der Waals surface area contributed by atoms with Crippen molar-refractivity contribution >= 4 is 29.6 Å². The molecule has 1 saturated heterocycles. The van der Waals surface area contributed by atoms with Gasteiger partial charge in [-0.15, -0.1) is 0 Å². The lowest BCUT2D eigenvalue weighted by Crippen LogP contribution is -2.54. The number of amides is 4. The fourth-order valence-electron chi connectivity index (χ4n) is 3.41. The van der Waals surface area contributed by atoms with Crippen molar-refractivity contribution < 1.29 is 34.2 Å². The second-order valence-corrected chi connectivity index (χ2v) is 7.51. The predicted molar refractivity (Wildman–Crippen MR) is 111 cm³/mol. The topological polar surface area (TPSA) is 205 Å². The van der Waals surface area contributed by atoms with Crippen LogP contribution >= 0.6 is 0 Å². The quantitative estimate of drug-likeness (QED) is 0.231. The van der Waals surface area contributed by atoms with E-state index in [0.29, 0.717) is 18.4 Å². The van der Waals surface area contributed by atoms with Crippen LogP contribution in [0.4, 0.5) is 0 Å². The maximum Gasteiger partial charge on any atom is 0.326 e. The number of aliphatic carboxylic acids is 1. The molecule has 1 heterocycles. The molecule has 3 unspecified atom stereocenters. The summed E-state index contributed by atoms with van der Waals surface area (Å²) in [6.45, 7) is -0.260. The van der Waals surface area contributed by atoms with Gasteiger partial charge in [-0.3, -0.25) is 19.2 Å². The monoisotopic (exact) mass is 449 g/mol.